The number of halogens is 2. The lowest BCUT2D eigenvalue weighted by atomic mass is 10.2. The topological polar surface area (TPSA) is 59.3 Å². The van der Waals surface area contributed by atoms with Crippen molar-refractivity contribution in [3.05, 3.63) is 57.5 Å². The van der Waals surface area contributed by atoms with Crippen LogP contribution in [0.25, 0.3) is 5.65 Å². The van der Waals surface area contributed by atoms with Crippen LogP contribution in [0.5, 0.6) is 0 Å². The molecule has 0 aliphatic carbocycles. The van der Waals surface area contributed by atoms with Crippen molar-refractivity contribution in [2.24, 2.45) is 0 Å². The zero-order chi connectivity index (χ0) is 15.9. The Hall–Kier alpha value is -2.11. The van der Waals surface area contributed by atoms with Gasteiger partial charge >= 0.3 is 0 Å². The summed E-state index contributed by atoms with van der Waals surface area (Å²) >= 11 is 12.0. The summed E-state index contributed by atoms with van der Waals surface area (Å²) in [4.78, 5) is 16.8. The molecule has 3 aromatic rings. The van der Waals surface area contributed by atoms with Crippen molar-refractivity contribution in [2.45, 2.75) is 13.8 Å². The van der Waals surface area contributed by atoms with E-state index in [1.807, 2.05) is 19.9 Å². The first-order valence-corrected chi connectivity index (χ1v) is 7.30. The van der Waals surface area contributed by atoms with Gasteiger partial charge in [-0.05, 0) is 32.0 Å². The first-order valence-electron chi connectivity index (χ1n) is 6.54. The van der Waals surface area contributed by atoms with Gasteiger partial charge in [0.05, 0.1) is 21.9 Å². The van der Waals surface area contributed by atoms with Crippen molar-refractivity contribution in [1.82, 2.24) is 14.6 Å². The third-order valence-electron chi connectivity index (χ3n) is 3.22. The van der Waals surface area contributed by atoms with Crippen LogP contribution in [0.2, 0.25) is 10.0 Å². The fraction of sp³-hybridized carbons (Fsp3) is 0.133. The molecule has 0 atom stereocenters. The highest BCUT2D eigenvalue weighted by Gasteiger charge is 2.17. The van der Waals surface area contributed by atoms with Crippen LogP contribution in [-0.4, -0.2) is 20.5 Å². The molecule has 1 aromatic carbocycles. The Balaban J connectivity index is 2.01. The largest absolute Gasteiger partial charge is 0.320 e. The van der Waals surface area contributed by atoms with Crippen LogP contribution in [-0.2, 0) is 0 Å². The number of fused-ring (bicyclic) bond motifs is 1. The van der Waals surface area contributed by atoms with Gasteiger partial charge in [0.2, 0.25) is 0 Å². The number of nitrogens with zero attached hydrogens (tertiary/aromatic N) is 3. The Kier molecular flexibility index (Phi) is 3.76. The average Bonchev–Trinajstić information content (AvgIpc) is 2.88. The zero-order valence-electron chi connectivity index (χ0n) is 11.9. The number of hydrogen-bond donors (Lipinski definition) is 1. The van der Waals surface area contributed by atoms with Gasteiger partial charge in [0.1, 0.15) is 5.56 Å². The molecule has 0 bridgehead atoms. The number of aromatic nitrogens is 3. The number of hydrogen-bond acceptors (Lipinski definition) is 3. The summed E-state index contributed by atoms with van der Waals surface area (Å²) in [5.74, 6) is -0.336. The van der Waals surface area contributed by atoms with Gasteiger partial charge in [-0.2, -0.15) is 5.10 Å². The molecule has 0 aliphatic heterocycles. The van der Waals surface area contributed by atoms with E-state index in [4.69, 9.17) is 23.2 Å². The molecule has 0 radical (unpaired) electrons. The van der Waals surface area contributed by atoms with Crippen molar-refractivity contribution in [2.75, 3.05) is 5.32 Å². The summed E-state index contributed by atoms with van der Waals surface area (Å²) in [5.41, 5.74) is 3.06. The van der Waals surface area contributed by atoms with Gasteiger partial charge in [0, 0.05) is 11.4 Å². The Labute approximate surface area is 136 Å². The molecule has 0 saturated heterocycles. The van der Waals surface area contributed by atoms with E-state index in [0.29, 0.717) is 26.9 Å². The number of nitrogens with one attached hydrogen (secondary N) is 1. The van der Waals surface area contributed by atoms with Gasteiger partial charge in [-0.1, -0.05) is 29.3 Å². The normalized spacial score (nSPS) is 10.9. The molecule has 2 aromatic heterocycles. The summed E-state index contributed by atoms with van der Waals surface area (Å²) < 4.78 is 1.63. The molecular formula is C15H12Cl2N4O. The summed E-state index contributed by atoms with van der Waals surface area (Å²) in [6.45, 7) is 3.78. The number of carbonyl (C=O) groups is 1. The molecule has 0 fully saturated rings. The summed E-state index contributed by atoms with van der Waals surface area (Å²) in [6.07, 6.45) is 1.49. The number of carbonyl (C=O) groups excluding carboxylic acids is 1. The monoisotopic (exact) mass is 334 g/mol. The predicted molar refractivity (Wildman–Crippen MR) is 86.9 cm³/mol. The van der Waals surface area contributed by atoms with Crippen LogP contribution in [0.3, 0.4) is 0 Å². The van der Waals surface area contributed by atoms with Gasteiger partial charge in [-0.3, -0.25) is 4.79 Å². The Morgan fingerprint density at radius 1 is 1.27 bits per heavy atom. The van der Waals surface area contributed by atoms with E-state index in [-0.39, 0.29) is 5.91 Å². The third-order valence-corrected chi connectivity index (χ3v) is 4.04. The lowest BCUT2D eigenvalue weighted by molar-refractivity contribution is 0.102. The molecule has 0 unspecified atom stereocenters. The van der Waals surface area contributed by atoms with Crippen LogP contribution in [0.15, 0.2) is 30.5 Å². The number of amides is 1. The van der Waals surface area contributed by atoms with Gasteiger partial charge in [0.25, 0.3) is 5.91 Å². The number of aryl methyl sites for hydroxylation is 2. The van der Waals surface area contributed by atoms with Crippen molar-refractivity contribution in [3.8, 4) is 0 Å². The minimum Gasteiger partial charge on any atom is -0.320 e. The van der Waals surface area contributed by atoms with Gasteiger partial charge in [-0.25, -0.2) is 9.50 Å². The molecular weight excluding hydrogens is 323 g/mol. The van der Waals surface area contributed by atoms with Gasteiger partial charge in [-0.15, -0.1) is 0 Å². The minimum atomic E-state index is -0.336. The molecule has 0 aliphatic rings. The fourth-order valence-electron chi connectivity index (χ4n) is 2.22. The standard InChI is InChI=1S/C15H12Cl2N4O/c1-8-6-9(2)21-14(19-8)10(7-18-21)15(22)20-12-5-3-4-11(16)13(12)17/h3-7H,1-2H3,(H,20,22). The second-order valence-electron chi connectivity index (χ2n) is 4.89. The second-order valence-corrected chi connectivity index (χ2v) is 5.67. The molecule has 1 N–H and O–H groups in total. The minimum absolute atomic E-state index is 0.300. The van der Waals surface area contributed by atoms with Crippen LogP contribution in [0.4, 0.5) is 5.69 Å². The molecule has 22 heavy (non-hydrogen) atoms. The summed E-state index contributed by atoms with van der Waals surface area (Å²) in [6, 6.07) is 6.95. The number of rotatable bonds is 2. The summed E-state index contributed by atoms with van der Waals surface area (Å²) in [5, 5.41) is 7.61. The summed E-state index contributed by atoms with van der Waals surface area (Å²) in [7, 11) is 0. The maximum Gasteiger partial charge on any atom is 0.261 e. The third kappa shape index (κ3) is 2.53. The highest BCUT2D eigenvalue weighted by Crippen LogP contribution is 2.30. The molecule has 112 valence electrons. The highest BCUT2D eigenvalue weighted by molar-refractivity contribution is 6.44. The van der Waals surface area contributed by atoms with E-state index >= 15 is 0 Å². The maximum absolute atomic E-state index is 12.5. The SMILES string of the molecule is Cc1cc(C)n2ncc(C(=O)Nc3cccc(Cl)c3Cl)c2n1. The number of anilines is 1. The smallest absolute Gasteiger partial charge is 0.261 e. The van der Waals surface area contributed by atoms with Crippen LogP contribution >= 0.6 is 23.2 Å². The molecule has 1 amide bonds. The predicted octanol–water partition coefficient (Wildman–Crippen LogP) is 3.91. The fourth-order valence-corrected chi connectivity index (χ4v) is 2.57. The molecule has 2 heterocycles. The Bertz CT molecular complexity index is 889. The Morgan fingerprint density at radius 2 is 2.05 bits per heavy atom. The van der Waals surface area contributed by atoms with Crippen molar-refractivity contribution in [1.29, 1.82) is 0 Å². The van der Waals surface area contributed by atoms with Crippen molar-refractivity contribution < 1.29 is 4.79 Å². The van der Waals surface area contributed by atoms with E-state index in [9.17, 15) is 4.79 Å². The lowest BCUT2D eigenvalue weighted by Crippen LogP contribution is -2.12. The van der Waals surface area contributed by atoms with Crippen molar-refractivity contribution >= 4 is 40.4 Å². The van der Waals surface area contributed by atoms with E-state index in [0.717, 1.165) is 11.4 Å². The van der Waals surface area contributed by atoms with E-state index < -0.39 is 0 Å². The molecule has 0 saturated carbocycles. The first kappa shape index (κ1) is 14.8. The van der Waals surface area contributed by atoms with E-state index in [1.54, 1.807) is 22.7 Å². The molecule has 3 rings (SSSR count). The molecule has 7 heteroatoms. The molecule has 0 spiro atoms. The van der Waals surface area contributed by atoms with Gasteiger partial charge in [0.15, 0.2) is 5.65 Å². The lowest BCUT2D eigenvalue weighted by Gasteiger charge is -2.07. The van der Waals surface area contributed by atoms with Gasteiger partial charge < -0.3 is 5.32 Å². The van der Waals surface area contributed by atoms with Crippen LogP contribution in [0, 0.1) is 13.8 Å². The average molecular weight is 335 g/mol. The molecule has 5 nitrogen and oxygen atoms in total. The van der Waals surface area contributed by atoms with Crippen LogP contribution in [0.1, 0.15) is 21.7 Å². The Morgan fingerprint density at radius 3 is 2.82 bits per heavy atom. The second kappa shape index (κ2) is 5.59. The van der Waals surface area contributed by atoms with E-state index in [1.165, 1.54) is 6.20 Å². The highest BCUT2D eigenvalue weighted by atomic mass is 35.5. The quantitative estimate of drug-likeness (QED) is 0.772. The number of benzene rings is 1. The van der Waals surface area contributed by atoms with Crippen molar-refractivity contribution in [3.63, 3.8) is 0 Å². The van der Waals surface area contributed by atoms with E-state index in [2.05, 4.69) is 15.4 Å². The zero-order valence-corrected chi connectivity index (χ0v) is 13.4. The maximum atomic E-state index is 12.5. The first-order chi connectivity index (χ1) is 10.5. The van der Waals surface area contributed by atoms with Crippen LogP contribution < -0.4 is 5.32 Å².